The molecule has 3 heteroatoms. The second-order valence-electron chi connectivity index (χ2n) is 5.92. The van der Waals surface area contributed by atoms with E-state index in [0.717, 1.165) is 48.5 Å². The van der Waals surface area contributed by atoms with Crippen LogP contribution < -0.4 is 5.32 Å². The molecule has 23 heavy (non-hydrogen) atoms. The molecule has 0 amide bonds. The van der Waals surface area contributed by atoms with Crippen LogP contribution in [0.1, 0.15) is 38.8 Å². The van der Waals surface area contributed by atoms with Crippen LogP contribution in [-0.2, 0) is 6.42 Å². The molecule has 3 nitrogen and oxygen atoms in total. The quantitative estimate of drug-likeness (QED) is 0.610. The topological polar surface area (TPSA) is 29.3 Å². The lowest BCUT2D eigenvalue weighted by Gasteiger charge is -2.11. The zero-order valence-electron chi connectivity index (χ0n) is 14.0. The Hall–Kier alpha value is -2.29. The number of fused-ring (bicyclic) bond motifs is 1. The molecular formula is C20H25N3. The highest BCUT2D eigenvalue weighted by molar-refractivity contribution is 5.76. The van der Waals surface area contributed by atoms with Gasteiger partial charge in [0.15, 0.2) is 0 Å². The standard InChI is InChI=1S/C20H25N3/c1-3-5-15-21-20-19(16-11-7-6-8-12-16)22-18-14-9-13-17(10-4-2)23(18)20/h6-9,11-14,21H,3-5,10,15H2,1-2H3. The first kappa shape index (κ1) is 15.6. The summed E-state index contributed by atoms with van der Waals surface area (Å²) in [5.41, 5.74) is 4.55. The second-order valence-corrected chi connectivity index (χ2v) is 5.92. The Kier molecular flexibility index (Phi) is 4.96. The van der Waals surface area contributed by atoms with E-state index in [0.29, 0.717) is 0 Å². The molecule has 2 aromatic heterocycles. The number of nitrogens with zero attached hydrogens (tertiary/aromatic N) is 2. The van der Waals surface area contributed by atoms with E-state index < -0.39 is 0 Å². The first-order chi connectivity index (χ1) is 11.3. The van der Waals surface area contributed by atoms with Gasteiger partial charge >= 0.3 is 0 Å². The number of benzene rings is 1. The van der Waals surface area contributed by atoms with Gasteiger partial charge in [-0.15, -0.1) is 0 Å². The van der Waals surface area contributed by atoms with Crippen LogP contribution in [-0.4, -0.2) is 15.9 Å². The zero-order valence-corrected chi connectivity index (χ0v) is 14.0. The average Bonchev–Trinajstić information content (AvgIpc) is 2.96. The molecule has 0 saturated carbocycles. The number of hydrogen-bond donors (Lipinski definition) is 1. The Morgan fingerprint density at radius 1 is 0.957 bits per heavy atom. The molecule has 0 unspecified atom stereocenters. The molecule has 2 heterocycles. The molecule has 0 saturated heterocycles. The predicted molar refractivity (Wildman–Crippen MR) is 98.0 cm³/mol. The van der Waals surface area contributed by atoms with Crippen LogP contribution in [0, 0.1) is 0 Å². The third-order valence-corrected chi connectivity index (χ3v) is 4.10. The van der Waals surface area contributed by atoms with Gasteiger partial charge in [0.25, 0.3) is 0 Å². The number of aryl methyl sites for hydroxylation is 1. The number of rotatable bonds is 7. The summed E-state index contributed by atoms with van der Waals surface area (Å²) in [6.07, 6.45) is 4.54. The van der Waals surface area contributed by atoms with Gasteiger partial charge in [-0.25, -0.2) is 4.98 Å². The fourth-order valence-electron chi connectivity index (χ4n) is 2.96. The summed E-state index contributed by atoms with van der Waals surface area (Å²) in [6, 6.07) is 16.9. The maximum atomic E-state index is 4.91. The first-order valence-electron chi connectivity index (χ1n) is 8.64. The van der Waals surface area contributed by atoms with Crippen LogP contribution in [0.2, 0.25) is 0 Å². The molecule has 0 atom stereocenters. The molecule has 0 aliphatic rings. The number of hydrogen-bond acceptors (Lipinski definition) is 2. The first-order valence-corrected chi connectivity index (χ1v) is 8.64. The lowest BCUT2D eigenvalue weighted by molar-refractivity contribution is 0.821. The average molecular weight is 307 g/mol. The molecule has 0 aliphatic heterocycles. The molecule has 1 N–H and O–H groups in total. The fourth-order valence-corrected chi connectivity index (χ4v) is 2.96. The SMILES string of the molecule is CCCCNc1c(-c2ccccc2)nc2cccc(CCC)n12. The molecule has 0 aliphatic carbocycles. The lowest BCUT2D eigenvalue weighted by Crippen LogP contribution is -2.07. The Balaban J connectivity index is 2.14. The van der Waals surface area contributed by atoms with Crippen molar-refractivity contribution in [2.75, 3.05) is 11.9 Å². The van der Waals surface area contributed by atoms with Crippen LogP contribution >= 0.6 is 0 Å². The molecule has 0 bridgehead atoms. The summed E-state index contributed by atoms with van der Waals surface area (Å²) in [5.74, 6) is 1.13. The highest BCUT2D eigenvalue weighted by atomic mass is 15.1. The summed E-state index contributed by atoms with van der Waals surface area (Å²) >= 11 is 0. The number of unbranched alkanes of at least 4 members (excludes halogenated alkanes) is 1. The van der Waals surface area contributed by atoms with Crippen molar-refractivity contribution in [2.24, 2.45) is 0 Å². The van der Waals surface area contributed by atoms with Gasteiger partial charge in [-0.05, 0) is 25.0 Å². The maximum absolute atomic E-state index is 4.91. The highest BCUT2D eigenvalue weighted by Crippen LogP contribution is 2.30. The van der Waals surface area contributed by atoms with Crippen LogP contribution in [0.3, 0.4) is 0 Å². The van der Waals surface area contributed by atoms with Crippen LogP contribution in [0.15, 0.2) is 48.5 Å². The number of aromatic nitrogens is 2. The van der Waals surface area contributed by atoms with Gasteiger partial charge in [0, 0.05) is 17.8 Å². The largest absolute Gasteiger partial charge is 0.369 e. The Labute approximate surface area is 138 Å². The lowest BCUT2D eigenvalue weighted by atomic mass is 10.1. The van der Waals surface area contributed by atoms with Crippen LogP contribution in [0.5, 0.6) is 0 Å². The third-order valence-electron chi connectivity index (χ3n) is 4.10. The van der Waals surface area contributed by atoms with E-state index in [4.69, 9.17) is 4.98 Å². The summed E-state index contributed by atoms with van der Waals surface area (Å²) in [5, 5.41) is 3.63. The fraction of sp³-hybridized carbons (Fsp3) is 0.350. The predicted octanol–water partition coefficient (Wildman–Crippen LogP) is 5.17. The minimum atomic E-state index is 0.977. The van der Waals surface area contributed by atoms with E-state index in [-0.39, 0.29) is 0 Å². The number of pyridine rings is 1. The minimum Gasteiger partial charge on any atom is -0.369 e. The monoisotopic (exact) mass is 307 g/mol. The van der Waals surface area contributed by atoms with Crippen molar-refractivity contribution in [1.29, 1.82) is 0 Å². The summed E-state index contributed by atoms with van der Waals surface area (Å²) in [6.45, 7) is 5.42. The molecule has 0 radical (unpaired) electrons. The summed E-state index contributed by atoms with van der Waals surface area (Å²) in [4.78, 5) is 4.91. The molecule has 1 aromatic carbocycles. The van der Waals surface area contributed by atoms with Gasteiger partial charge < -0.3 is 5.32 Å². The van der Waals surface area contributed by atoms with Gasteiger partial charge in [-0.1, -0.05) is 63.1 Å². The van der Waals surface area contributed by atoms with Crippen molar-refractivity contribution in [3.8, 4) is 11.3 Å². The van der Waals surface area contributed by atoms with Crippen molar-refractivity contribution in [2.45, 2.75) is 39.5 Å². The molecular weight excluding hydrogens is 282 g/mol. The third kappa shape index (κ3) is 3.24. The second kappa shape index (κ2) is 7.32. The van der Waals surface area contributed by atoms with Crippen molar-refractivity contribution in [3.63, 3.8) is 0 Å². The molecule has 120 valence electrons. The Morgan fingerprint density at radius 2 is 1.78 bits per heavy atom. The van der Waals surface area contributed by atoms with Crippen LogP contribution in [0.25, 0.3) is 16.9 Å². The summed E-state index contributed by atoms with van der Waals surface area (Å²) in [7, 11) is 0. The van der Waals surface area contributed by atoms with Crippen molar-refractivity contribution < 1.29 is 0 Å². The number of anilines is 1. The van der Waals surface area contributed by atoms with E-state index in [1.165, 1.54) is 12.1 Å². The van der Waals surface area contributed by atoms with E-state index in [9.17, 15) is 0 Å². The van der Waals surface area contributed by atoms with Gasteiger partial charge in [-0.3, -0.25) is 4.40 Å². The van der Waals surface area contributed by atoms with Gasteiger partial charge in [0.2, 0.25) is 0 Å². The molecule has 0 fully saturated rings. The van der Waals surface area contributed by atoms with Crippen molar-refractivity contribution >= 4 is 11.5 Å². The Bertz CT molecular complexity index is 759. The minimum absolute atomic E-state index is 0.977. The number of imidazole rings is 1. The van der Waals surface area contributed by atoms with Gasteiger partial charge in [-0.2, -0.15) is 0 Å². The highest BCUT2D eigenvalue weighted by Gasteiger charge is 2.15. The van der Waals surface area contributed by atoms with E-state index >= 15 is 0 Å². The van der Waals surface area contributed by atoms with E-state index in [2.05, 4.69) is 66.0 Å². The van der Waals surface area contributed by atoms with Crippen LogP contribution in [0.4, 0.5) is 5.82 Å². The maximum Gasteiger partial charge on any atom is 0.139 e. The van der Waals surface area contributed by atoms with E-state index in [1.54, 1.807) is 0 Å². The van der Waals surface area contributed by atoms with E-state index in [1.807, 2.05) is 6.07 Å². The molecule has 3 aromatic rings. The Morgan fingerprint density at radius 3 is 2.52 bits per heavy atom. The van der Waals surface area contributed by atoms with Crippen molar-refractivity contribution in [3.05, 3.63) is 54.2 Å². The summed E-state index contributed by atoms with van der Waals surface area (Å²) < 4.78 is 2.29. The molecule has 0 spiro atoms. The number of nitrogens with one attached hydrogen (secondary N) is 1. The van der Waals surface area contributed by atoms with Gasteiger partial charge in [0.1, 0.15) is 17.2 Å². The van der Waals surface area contributed by atoms with Gasteiger partial charge in [0.05, 0.1) is 0 Å². The smallest absolute Gasteiger partial charge is 0.139 e. The normalized spacial score (nSPS) is 11.0. The molecule has 3 rings (SSSR count). The van der Waals surface area contributed by atoms with Crippen molar-refractivity contribution in [1.82, 2.24) is 9.38 Å². The zero-order chi connectivity index (χ0) is 16.1.